The molecule has 0 aromatic carbocycles. The van der Waals surface area contributed by atoms with E-state index in [1.165, 1.54) is 0 Å². The lowest BCUT2D eigenvalue weighted by Gasteiger charge is -2.47. The molecular weight excluding hydrogens is 400 g/mol. The highest BCUT2D eigenvalue weighted by Crippen LogP contribution is 2.51. The zero-order valence-electron chi connectivity index (χ0n) is 20.2. The van der Waals surface area contributed by atoms with Crippen LogP contribution in [0.1, 0.15) is 99.3 Å². The van der Waals surface area contributed by atoms with Gasteiger partial charge in [0.15, 0.2) is 5.60 Å². The summed E-state index contributed by atoms with van der Waals surface area (Å²) >= 11 is 0. The normalized spacial score (nSPS) is 15.3. The summed E-state index contributed by atoms with van der Waals surface area (Å²) in [6.07, 6.45) is 3.50. The topological polar surface area (TPSA) is 132 Å². The van der Waals surface area contributed by atoms with E-state index in [0.29, 0.717) is 38.5 Å². The van der Waals surface area contributed by atoms with Crippen LogP contribution in [0.4, 0.5) is 0 Å². The molecule has 4 N–H and O–H groups in total. The molecule has 0 aromatic rings. The average molecular weight is 445 g/mol. The summed E-state index contributed by atoms with van der Waals surface area (Å²) < 4.78 is 0. The quantitative estimate of drug-likeness (QED) is 0.247. The summed E-state index contributed by atoms with van der Waals surface area (Å²) in [5, 5.41) is 42.5. The third-order valence-corrected chi connectivity index (χ3v) is 7.57. The molecule has 0 radical (unpaired) electrons. The van der Waals surface area contributed by atoms with Gasteiger partial charge in [0.1, 0.15) is 5.41 Å². The second-order valence-electron chi connectivity index (χ2n) is 9.04. The van der Waals surface area contributed by atoms with E-state index < -0.39 is 34.8 Å². The van der Waals surface area contributed by atoms with Crippen LogP contribution in [0.5, 0.6) is 0 Å². The van der Waals surface area contributed by atoms with E-state index in [2.05, 4.69) is 0 Å². The lowest BCUT2D eigenvalue weighted by atomic mass is 9.56. The predicted molar refractivity (Wildman–Crippen MR) is 120 cm³/mol. The summed E-state index contributed by atoms with van der Waals surface area (Å²) in [6.45, 7) is 11.4. The van der Waals surface area contributed by atoms with Gasteiger partial charge in [-0.05, 0) is 37.0 Å². The van der Waals surface area contributed by atoms with Crippen LogP contribution in [-0.4, -0.2) is 43.9 Å². The number of carboxylic acids is 3. The third kappa shape index (κ3) is 6.43. The standard InChI is InChI=1S/C24H44O7/c1-7-16(8-2)13-19(20(25)26)24(31,22(29)30)23(21(27)28,14-17(9-3)10-4)15-18(11-5)12-6/h16-19,31H,7-15H2,1-6H3,(H,25,26)(H,27,28)(H,29,30). The van der Waals surface area contributed by atoms with Gasteiger partial charge in [-0.15, -0.1) is 0 Å². The highest BCUT2D eigenvalue weighted by atomic mass is 16.4. The van der Waals surface area contributed by atoms with E-state index in [0.717, 1.165) is 0 Å². The van der Waals surface area contributed by atoms with E-state index in [9.17, 15) is 34.8 Å². The molecule has 2 atom stereocenters. The van der Waals surface area contributed by atoms with Gasteiger partial charge in [0, 0.05) is 0 Å². The maximum absolute atomic E-state index is 12.8. The van der Waals surface area contributed by atoms with Crippen LogP contribution in [0.25, 0.3) is 0 Å². The van der Waals surface area contributed by atoms with Gasteiger partial charge in [-0.2, -0.15) is 0 Å². The minimum absolute atomic E-state index is 0.0681. The fourth-order valence-corrected chi connectivity index (χ4v) is 4.97. The molecule has 0 rings (SSSR count). The Labute approximate surface area is 187 Å². The van der Waals surface area contributed by atoms with Crippen LogP contribution in [-0.2, 0) is 14.4 Å². The zero-order valence-corrected chi connectivity index (χ0v) is 20.2. The first-order chi connectivity index (χ1) is 14.4. The van der Waals surface area contributed by atoms with Crippen molar-refractivity contribution in [1.82, 2.24) is 0 Å². The molecule has 7 heteroatoms. The molecular formula is C24H44O7. The molecule has 0 aliphatic rings. The lowest BCUT2D eigenvalue weighted by molar-refractivity contribution is -0.211. The number of hydrogen-bond donors (Lipinski definition) is 4. The van der Waals surface area contributed by atoms with Crippen molar-refractivity contribution in [1.29, 1.82) is 0 Å². The van der Waals surface area contributed by atoms with Crippen LogP contribution in [0.15, 0.2) is 0 Å². The average Bonchev–Trinajstić information content (AvgIpc) is 2.73. The molecule has 0 aliphatic heterocycles. The Balaban J connectivity index is 7.01. The first-order valence-corrected chi connectivity index (χ1v) is 11.9. The molecule has 7 nitrogen and oxygen atoms in total. The van der Waals surface area contributed by atoms with E-state index >= 15 is 0 Å². The molecule has 0 bridgehead atoms. The van der Waals surface area contributed by atoms with Gasteiger partial charge < -0.3 is 20.4 Å². The summed E-state index contributed by atoms with van der Waals surface area (Å²) in [6, 6.07) is 0. The number of rotatable bonds is 17. The number of aliphatic carboxylic acids is 3. The molecule has 0 heterocycles. The van der Waals surface area contributed by atoms with Crippen molar-refractivity contribution in [2.45, 2.75) is 105 Å². The second kappa shape index (κ2) is 13.0. The Kier molecular flexibility index (Phi) is 12.4. The van der Waals surface area contributed by atoms with Gasteiger partial charge >= 0.3 is 17.9 Å². The Morgan fingerprint density at radius 3 is 1.23 bits per heavy atom. The minimum Gasteiger partial charge on any atom is -0.481 e. The molecule has 2 unspecified atom stereocenters. The van der Waals surface area contributed by atoms with E-state index in [4.69, 9.17) is 0 Å². The van der Waals surface area contributed by atoms with Crippen molar-refractivity contribution in [3.8, 4) is 0 Å². The van der Waals surface area contributed by atoms with Crippen molar-refractivity contribution in [3.63, 3.8) is 0 Å². The molecule has 0 saturated heterocycles. The SMILES string of the molecule is CCC(CC)CC(C(=O)O)C(O)(C(=O)O)C(CC(CC)CC)(CC(CC)CC)C(=O)O. The van der Waals surface area contributed by atoms with Gasteiger partial charge in [0.2, 0.25) is 0 Å². The summed E-state index contributed by atoms with van der Waals surface area (Å²) in [5.41, 5.74) is -5.01. The maximum atomic E-state index is 12.8. The molecule has 31 heavy (non-hydrogen) atoms. The summed E-state index contributed by atoms with van der Waals surface area (Å²) in [7, 11) is 0. The Morgan fingerprint density at radius 1 is 0.645 bits per heavy atom. The van der Waals surface area contributed by atoms with Crippen LogP contribution in [0.3, 0.4) is 0 Å². The molecule has 0 aromatic heterocycles. The third-order valence-electron chi connectivity index (χ3n) is 7.57. The lowest BCUT2D eigenvalue weighted by Crippen LogP contribution is -2.65. The monoisotopic (exact) mass is 444 g/mol. The van der Waals surface area contributed by atoms with Crippen molar-refractivity contribution in [2.75, 3.05) is 0 Å². The van der Waals surface area contributed by atoms with Gasteiger partial charge in [-0.25, -0.2) is 4.79 Å². The van der Waals surface area contributed by atoms with Crippen LogP contribution in [0, 0.1) is 29.1 Å². The molecule has 0 fully saturated rings. The molecule has 0 spiro atoms. The van der Waals surface area contributed by atoms with Crippen molar-refractivity contribution < 1.29 is 34.8 Å². The van der Waals surface area contributed by atoms with Crippen LogP contribution >= 0.6 is 0 Å². The second-order valence-corrected chi connectivity index (χ2v) is 9.04. The van der Waals surface area contributed by atoms with E-state index in [1.54, 1.807) is 0 Å². The van der Waals surface area contributed by atoms with Crippen molar-refractivity contribution in [2.24, 2.45) is 29.1 Å². The van der Waals surface area contributed by atoms with Gasteiger partial charge in [-0.3, -0.25) is 9.59 Å². The van der Waals surface area contributed by atoms with E-state index in [-0.39, 0.29) is 37.0 Å². The van der Waals surface area contributed by atoms with E-state index in [1.807, 2.05) is 41.5 Å². The highest BCUT2D eigenvalue weighted by molar-refractivity contribution is 5.93. The molecule has 182 valence electrons. The number of hydrogen-bond acceptors (Lipinski definition) is 4. The van der Waals surface area contributed by atoms with Crippen molar-refractivity contribution >= 4 is 17.9 Å². The van der Waals surface area contributed by atoms with Crippen molar-refractivity contribution in [3.05, 3.63) is 0 Å². The first kappa shape index (κ1) is 29.4. The Hall–Kier alpha value is -1.63. The summed E-state index contributed by atoms with van der Waals surface area (Å²) in [5.74, 6) is -6.76. The van der Waals surface area contributed by atoms with Gasteiger partial charge in [0.25, 0.3) is 0 Å². The first-order valence-electron chi connectivity index (χ1n) is 11.9. The number of carbonyl (C=O) groups is 3. The fraction of sp³-hybridized carbons (Fsp3) is 0.875. The number of carboxylic acid groups (broad SMARTS) is 3. The zero-order chi connectivity index (χ0) is 24.4. The predicted octanol–water partition coefficient (Wildman–Crippen LogP) is 5.05. The molecule has 0 amide bonds. The molecule has 0 aliphatic carbocycles. The van der Waals surface area contributed by atoms with Crippen LogP contribution in [0.2, 0.25) is 0 Å². The largest absolute Gasteiger partial charge is 0.481 e. The highest BCUT2D eigenvalue weighted by Gasteiger charge is 2.66. The summed E-state index contributed by atoms with van der Waals surface area (Å²) in [4.78, 5) is 37.8. The van der Waals surface area contributed by atoms with Gasteiger partial charge in [0.05, 0.1) is 5.92 Å². The Bertz CT molecular complexity index is 562. The minimum atomic E-state index is -2.92. The Morgan fingerprint density at radius 2 is 1.00 bits per heavy atom. The number of aliphatic hydroxyl groups is 1. The van der Waals surface area contributed by atoms with Gasteiger partial charge in [-0.1, -0.05) is 80.1 Å². The maximum Gasteiger partial charge on any atom is 0.337 e. The molecule has 0 saturated carbocycles. The van der Waals surface area contributed by atoms with Crippen LogP contribution < -0.4 is 0 Å². The smallest absolute Gasteiger partial charge is 0.337 e. The fourth-order valence-electron chi connectivity index (χ4n) is 4.97.